The minimum Gasteiger partial charge on any atom is -0.481 e. The first-order valence-electron chi connectivity index (χ1n) is 6.74. The van der Waals surface area contributed by atoms with Crippen LogP contribution < -0.4 is 4.31 Å². The molecule has 0 amide bonds. The number of nitrogens with zero attached hydrogens (tertiary/aromatic N) is 2. The lowest BCUT2D eigenvalue weighted by atomic mass is 9.98. The second-order valence-electron chi connectivity index (χ2n) is 5.22. The van der Waals surface area contributed by atoms with Gasteiger partial charge in [-0.15, -0.1) is 0 Å². The molecule has 0 saturated carbocycles. The number of aryl methyl sites for hydroxylation is 1. The topological polar surface area (TPSA) is 103 Å². The van der Waals surface area contributed by atoms with E-state index in [4.69, 9.17) is 5.11 Å². The molecule has 116 valence electrons. The first-order valence-corrected chi connectivity index (χ1v) is 8.18. The molecule has 1 atom stereocenters. The normalized spacial score (nSPS) is 17.5. The molecule has 2 aromatic rings. The van der Waals surface area contributed by atoms with E-state index in [1.165, 1.54) is 10.5 Å². The second kappa shape index (κ2) is 5.13. The maximum absolute atomic E-state index is 12.7. The van der Waals surface area contributed by atoms with E-state index in [1.807, 2.05) is 0 Å². The maximum atomic E-state index is 12.7. The number of hydrogen-bond donors (Lipinski definition) is 2. The number of aromatic nitrogens is 2. The lowest BCUT2D eigenvalue weighted by Gasteiger charge is -2.18. The summed E-state index contributed by atoms with van der Waals surface area (Å²) in [5, 5.41) is 9.03. The van der Waals surface area contributed by atoms with Crippen LogP contribution in [0.3, 0.4) is 0 Å². The second-order valence-corrected chi connectivity index (χ2v) is 7.05. The standard InChI is InChI=1S/C14H15N3O4S/c1-9-15-7-13(16-9)22(20,21)17-8-10(6-14(18)19)11-4-2-3-5-12(11)17/h2-5,7,10H,6,8H2,1H3,(H,15,16)(H,18,19). The summed E-state index contributed by atoms with van der Waals surface area (Å²) >= 11 is 0. The number of carboxylic acid groups (broad SMARTS) is 1. The SMILES string of the molecule is Cc1ncc(S(=O)(=O)N2CC(CC(=O)O)c3ccccc32)[nH]1. The van der Waals surface area contributed by atoms with Crippen molar-refractivity contribution in [3.8, 4) is 0 Å². The van der Waals surface area contributed by atoms with Gasteiger partial charge in [0.05, 0.1) is 18.3 Å². The Bertz CT molecular complexity index is 828. The molecule has 1 aromatic heterocycles. The average molecular weight is 321 g/mol. The summed E-state index contributed by atoms with van der Waals surface area (Å²) in [4.78, 5) is 17.7. The van der Waals surface area contributed by atoms with Crippen molar-refractivity contribution in [3.63, 3.8) is 0 Å². The van der Waals surface area contributed by atoms with Crippen LogP contribution in [-0.2, 0) is 14.8 Å². The Balaban J connectivity index is 2.04. The van der Waals surface area contributed by atoms with Crippen molar-refractivity contribution in [2.75, 3.05) is 10.8 Å². The summed E-state index contributed by atoms with van der Waals surface area (Å²) in [6.45, 7) is 1.79. The Morgan fingerprint density at radius 2 is 2.18 bits per heavy atom. The predicted octanol–water partition coefficient (Wildman–Crippen LogP) is 1.49. The van der Waals surface area contributed by atoms with E-state index < -0.39 is 16.0 Å². The zero-order chi connectivity index (χ0) is 15.9. The van der Waals surface area contributed by atoms with Gasteiger partial charge in [-0.05, 0) is 18.6 Å². The van der Waals surface area contributed by atoms with E-state index in [9.17, 15) is 13.2 Å². The van der Waals surface area contributed by atoms with Crippen LogP contribution in [0.15, 0.2) is 35.5 Å². The van der Waals surface area contributed by atoms with Crippen molar-refractivity contribution < 1.29 is 18.3 Å². The van der Waals surface area contributed by atoms with Crippen LogP contribution in [0.25, 0.3) is 0 Å². The smallest absolute Gasteiger partial charge is 0.304 e. The molecule has 7 nitrogen and oxygen atoms in total. The first-order chi connectivity index (χ1) is 10.4. The molecule has 1 aliphatic rings. The van der Waals surface area contributed by atoms with Crippen LogP contribution >= 0.6 is 0 Å². The molecule has 22 heavy (non-hydrogen) atoms. The van der Waals surface area contributed by atoms with Crippen molar-refractivity contribution in [2.24, 2.45) is 0 Å². The van der Waals surface area contributed by atoms with Gasteiger partial charge in [-0.25, -0.2) is 4.98 Å². The number of imidazole rings is 1. The molecule has 8 heteroatoms. The molecule has 0 aliphatic carbocycles. The number of fused-ring (bicyclic) bond motifs is 1. The fraction of sp³-hybridized carbons (Fsp3) is 0.286. The number of carboxylic acids is 1. The van der Waals surface area contributed by atoms with E-state index in [2.05, 4.69) is 9.97 Å². The Labute approximate surface area is 127 Å². The summed E-state index contributed by atoms with van der Waals surface area (Å²) in [7, 11) is -3.78. The fourth-order valence-corrected chi connectivity index (χ4v) is 4.22. The van der Waals surface area contributed by atoms with Gasteiger partial charge in [-0.3, -0.25) is 9.10 Å². The third-order valence-electron chi connectivity index (χ3n) is 3.70. The lowest BCUT2D eigenvalue weighted by molar-refractivity contribution is -0.137. The van der Waals surface area contributed by atoms with Gasteiger partial charge >= 0.3 is 5.97 Å². The van der Waals surface area contributed by atoms with Crippen LogP contribution in [0, 0.1) is 6.92 Å². The van der Waals surface area contributed by atoms with Gasteiger partial charge in [0.15, 0.2) is 5.03 Å². The van der Waals surface area contributed by atoms with E-state index in [1.54, 1.807) is 31.2 Å². The first kappa shape index (κ1) is 14.6. The van der Waals surface area contributed by atoms with E-state index in [0.717, 1.165) is 5.56 Å². The van der Waals surface area contributed by atoms with E-state index in [-0.39, 0.29) is 23.9 Å². The largest absolute Gasteiger partial charge is 0.481 e. The molecule has 3 rings (SSSR count). The number of H-pyrrole nitrogens is 1. The molecule has 1 aromatic carbocycles. The van der Waals surface area contributed by atoms with Gasteiger partial charge in [0, 0.05) is 12.5 Å². The highest BCUT2D eigenvalue weighted by Gasteiger charge is 2.37. The molecular weight excluding hydrogens is 306 g/mol. The molecule has 0 bridgehead atoms. The van der Waals surface area contributed by atoms with Crippen LogP contribution in [-0.4, -0.2) is 36.0 Å². The summed E-state index contributed by atoms with van der Waals surface area (Å²) in [6, 6.07) is 6.99. The zero-order valence-electron chi connectivity index (χ0n) is 11.9. The van der Waals surface area contributed by atoms with Crippen molar-refractivity contribution in [2.45, 2.75) is 24.3 Å². The average Bonchev–Trinajstić information content (AvgIpc) is 3.04. The molecule has 0 radical (unpaired) electrons. The number of nitrogens with one attached hydrogen (secondary N) is 1. The van der Waals surface area contributed by atoms with Gasteiger partial charge in [0.2, 0.25) is 0 Å². The Hall–Kier alpha value is -2.35. The number of sulfonamides is 1. The third kappa shape index (κ3) is 2.35. The summed E-state index contributed by atoms with van der Waals surface area (Å²) in [5.41, 5.74) is 1.27. The molecule has 0 spiro atoms. The quantitative estimate of drug-likeness (QED) is 0.888. The lowest BCUT2D eigenvalue weighted by Crippen LogP contribution is -2.30. The van der Waals surface area contributed by atoms with E-state index in [0.29, 0.717) is 11.5 Å². The van der Waals surface area contributed by atoms with Crippen molar-refractivity contribution in [1.82, 2.24) is 9.97 Å². The highest BCUT2D eigenvalue weighted by Crippen LogP contribution is 2.40. The minimum absolute atomic E-state index is 0.00998. The van der Waals surface area contributed by atoms with Gasteiger partial charge in [-0.1, -0.05) is 18.2 Å². The molecule has 1 unspecified atom stereocenters. The fourth-order valence-electron chi connectivity index (χ4n) is 2.72. The maximum Gasteiger partial charge on any atom is 0.304 e. The number of rotatable bonds is 4. The summed E-state index contributed by atoms with van der Waals surface area (Å²) in [5.74, 6) is -0.794. The summed E-state index contributed by atoms with van der Waals surface area (Å²) < 4.78 is 26.8. The Morgan fingerprint density at radius 3 is 2.82 bits per heavy atom. The monoisotopic (exact) mass is 321 g/mol. The zero-order valence-corrected chi connectivity index (χ0v) is 12.7. The predicted molar refractivity (Wildman–Crippen MR) is 79.3 cm³/mol. The van der Waals surface area contributed by atoms with Crippen LogP contribution in [0.2, 0.25) is 0 Å². The van der Waals surface area contributed by atoms with Crippen LogP contribution in [0.1, 0.15) is 23.7 Å². The van der Waals surface area contributed by atoms with Gasteiger partial charge in [0.25, 0.3) is 10.0 Å². The number of aromatic amines is 1. The van der Waals surface area contributed by atoms with Crippen molar-refractivity contribution in [3.05, 3.63) is 41.9 Å². The van der Waals surface area contributed by atoms with Crippen LogP contribution in [0.5, 0.6) is 0 Å². The number of hydrogen-bond acceptors (Lipinski definition) is 4. The van der Waals surface area contributed by atoms with Gasteiger partial charge in [-0.2, -0.15) is 8.42 Å². The molecule has 0 fully saturated rings. The van der Waals surface area contributed by atoms with Gasteiger partial charge < -0.3 is 10.1 Å². The van der Waals surface area contributed by atoms with E-state index >= 15 is 0 Å². The number of para-hydroxylation sites is 1. The van der Waals surface area contributed by atoms with Gasteiger partial charge in [0.1, 0.15) is 5.82 Å². The highest BCUT2D eigenvalue weighted by atomic mass is 32.2. The molecule has 2 N–H and O–H groups in total. The van der Waals surface area contributed by atoms with Crippen LogP contribution in [0.4, 0.5) is 5.69 Å². The number of aliphatic carboxylic acids is 1. The van der Waals surface area contributed by atoms with Crippen molar-refractivity contribution >= 4 is 21.7 Å². The Morgan fingerprint density at radius 1 is 1.45 bits per heavy atom. The number of anilines is 1. The number of carbonyl (C=O) groups is 1. The molecule has 1 aliphatic heterocycles. The molecule has 0 saturated heterocycles. The minimum atomic E-state index is -3.78. The molecular formula is C14H15N3O4S. The summed E-state index contributed by atoms with van der Waals surface area (Å²) in [6.07, 6.45) is 1.17. The third-order valence-corrected chi connectivity index (χ3v) is 5.39. The highest BCUT2D eigenvalue weighted by molar-refractivity contribution is 7.92. The van der Waals surface area contributed by atoms with Crippen molar-refractivity contribution in [1.29, 1.82) is 0 Å². The molecule has 2 heterocycles. The number of benzene rings is 1. The Kier molecular flexibility index (Phi) is 3.40.